The van der Waals surface area contributed by atoms with E-state index in [1.165, 1.54) is 12.1 Å². The Morgan fingerprint density at radius 3 is 2.26 bits per heavy atom. The molecule has 0 aliphatic carbocycles. The van der Waals surface area contributed by atoms with Crippen LogP contribution in [0, 0.1) is 6.92 Å². The summed E-state index contributed by atoms with van der Waals surface area (Å²) >= 11 is 0. The van der Waals surface area contributed by atoms with Crippen LogP contribution in [-0.2, 0) is 26.0 Å². The molecule has 0 heterocycles. The Labute approximate surface area is 159 Å². The normalized spacial score (nSPS) is 12.3. The van der Waals surface area contributed by atoms with Crippen molar-refractivity contribution in [2.24, 2.45) is 5.73 Å². The number of nitrogens with one attached hydrogen (secondary N) is 2. The summed E-state index contributed by atoms with van der Waals surface area (Å²) in [5.41, 5.74) is 6.80. The molecule has 2 aromatic carbocycles. The second kappa shape index (κ2) is 9.29. The van der Waals surface area contributed by atoms with E-state index in [1.54, 1.807) is 12.1 Å². The molecule has 7 nitrogen and oxygen atoms in total. The number of primary amides is 1. The number of carbonyl (C=O) groups excluding carboxylic acids is 2. The lowest BCUT2D eigenvalue weighted by Gasteiger charge is -2.19. The van der Waals surface area contributed by atoms with E-state index < -0.39 is 27.9 Å². The molecule has 0 aliphatic rings. The molecule has 0 spiro atoms. The summed E-state index contributed by atoms with van der Waals surface area (Å²) in [4.78, 5) is 23.4. The van der Waals surface area contributed by atoms with E-state index in [9.17, 15) is 18.0 Å². The number of nitrogens with two attached hydrogens (primary N) is 1. The van der Waals surface area contributed by atoms with Gasteiger partial charge in [0, 0.05) is 13.0 Å². The Bertz CT molecular complexity index is 881. The quantitative estimate of drug-likeness (QED) is 0.590. The Balaban J connectivity index is 2.18. The minimum absolute atomic E-state index is 0.0193. The van der Waals surface area contributed by atoms with Crippen molar-refractivity contribution in [2.45, 2.75) is 30.7 Å². The van der Waals surface area contributed by atoms with Crippen molar-refractivity contribution in [1.82, 2.24) is 10.0 Å². The summed E-state index contributed by atoms with van der Waals surface area (Å²) in [6.07, 6.45) is 0.156. The first-order valence-electron chi connectivity index (χ1n) is 8.47. The third kappa shape index (κ3) is 6.50. The van der Waals surface area contributed by atoms with Gasteiger partial charge in [0.2, 0.25) is 21.8 Å². The Morgan fingerprint density at radius 2 is 1.67 bits per heavy atom. The second-order valence-corrected chi connectivity index (χ2v) is 7.90. The molecule has 0 saturated carbocycles. The SMILES string of the molecule is Cc1ccc(S(=O)(=O)N[C@@H](Cc2ccccc2)C(=O)NCCC(N)=O)cc1. The molecule has 0 radical (unpaired) electrons. The molecule has 144 valence electrons. The fraction of sp³-hybridized carbons (Fsp3) is 0.263. The first-order chi connectivity index (χ1) is 12.8. The summed E-state index contributed by atoms with van der Waals surface area (Å²) in [7, 11) is -3.89. The summed E-state index contributed by atoms with van der Waals surface area (Å²) in [5, 5.41) is 2.55. The highest BCUT2D eigenvalue weighted by Gasteiger charge is 2.26. The number of benzene rings is 2. The van der Waals surface area contributed by atoms with Gasteiger partial charge in [-0.05, 0) is 31.0 Å². The Morgan fingerprint density at radius 1 is 1.04 bits per heavy atom. The van der Waals surface area contributed by atoms with Crippen LogP contribution in [-0.4, -0.2) is 32.8 Å². The summed E-state index contributed by atoms with van der Waals surface area (Å²) in [6, 6.07) is 14.4. The molecule has 2 aromatic rings. The standard InChI is InChI=1S/C19H23N3O4S/c1-14-7-9-16(10-8-14)27(25,26)22-17(13-15-5-3-2-4-6-15)19(24)21-12-11-18(20)23/h2-10,17,22H,11-13H2,1H3,(H2,20,23)(H,21,24)/t17-/m0/s1. The van der Waals surface area contributed by atoms with E-state index in [-0.39, 0.29) is 24.3 Å². The van der Waals surface area contributed by atoms with E-state index in [4.69, 9.17) is 5.73 Å². The van der Waals surface area contributed by atoms with Crippen molar-refractivity contribution in [1.29, 1.82) is 0 Å². The maximum absolute atomic E-state index is 12.7. The van der Waals surface area contributed by atoms with E-state index in [0.29, 0.717) is 0 Å². The van der Waals surface area contributed by atoms with Gasteiger partial charge in [0.1, 0.15) is 6.04 Å². The molecule has 0 unspecified atom stereocenters. The zero-order valence-electron chi connectivity index (χ0n) is 15.0. The number of rotatable bonds is 9. The van der Waals surface area contributed by atoms with Crippen LogP contribution in [0.15, 0.2) is 59.5 Å². The molecule has 2 rings (SSSR count). The highest BCUT2D eigenvalue weighted by molar-refractivity contribution is 7.89. The molecular weight excluding hydrogens is 366 g/mol. The summed E-state index contributed by atoms with van der Waals surface area (Å²) in [5.74, 6) is -1.06. The van der Waals surface area contributed by atoms with Crippen LogP contribution in [0.4, 0.5) is 0 Å². The molecular formula is C19H23N3O4S. The van der Waals surface area contributed by atoms with Crippen molar-refractivity contribution in [3.63, 3.8) is 0 Å². The fourth-order valence-corrected chi connectivity index (χ4v) is 3.64. The van der Waals surface area contributed by atoms with Gasteiger partial charge < -0.3 is 11.1 Å². The average molecular weight is 389 g/mol. The highest BCUT2D eigenvalue weighted by atomic mass is 32.2. The van der Waals surface area contributed by atoms with E-state index in [2.05, 4.69) is 10.0 Å². The predicted octanol–water partition coefficient (Wildman–Crippen LogP) is 0.876. The topological polar surface area (TPSA) is 118 Å². The first kappa shape index (κ1) is 20.6. The van der Waals surface area contributed by atoms with E-state index in [1.807, 2.05) is 37.3 Å². The maximum atomic E-state index is 12.7. The van der Waals surface area contributed by atoms with Gasteiger partial charge >= 0.3 is 0 Å². The number of sulfonamides is 1. The second-order valence-electron chi connectivity index (χ2n) is 6.18. The molecule has 0 aromatic heterocycles. The maximum Gasteiger partial charge on any atom is 0.241 e. The zero-order chi connectivity index (χ0) is 19.9. The lowest BCUT2D eigenvalue weighted by atomic mass is 10.1. The van der Waals surface area contributed by atoms with Crippen LogP contribution in [0.1, 0.15) is 17.5 Å². The number of hydrogen-bond donors (Lipinski definition) is 3. The van der Waals surface area contributed by atoms with Gasteiger partial charge in [-0.3, -0.25) is 9.59 Å². The zero-order valence-corrected chi connectivity index (χ0v) is 15.8. The lowest BCUT2D eigenvalue weighted by Crippen LogP contribution is -2.48. The smallest absolute Gasteiger partial charge is 0.241 e. The molecule has 4 N–H and O–H groups in total. The van der Waals surface area contributed by atoms with Gasteiger partial charge in [0.05, 0.1) is 4.90 Å². The molecule has 0 fully saturated rings. The first-order valence-corrected chi connectivity index (χ1v) is 9.95. The van der Waals surface area contributed by atoms with Crippen LogP contribution in [0.25, 0.3) is 0 Å². The minimum atomic E-state index is -3.89. The van der Waals surface area contributed by atoms with Crippen molar-refractivity contribution in [3.8, 4) is 0 Å². The molecule has 27 heavy (non-hydrogen) atoms. The van der Waals surface area contributed by atoms with Crippen molar-refractivity contribution in [2.75, 3.05) is 6.54 Å². The van der Waals surface area contributed by atoms with Crippen LogP contribution in [0.5, 0.6) is 0 Å². The fourth-order valence-electron chi connectivity index (χ4n) is 2.44. The summed E-state index contributed by atoms with van der Waals surface area (Å²) < 4.78 is 27.8. The lowest BCUT2D eigenvalue weighted by molar-refractivity contribution is -0.123. The monoisotopic (exact) mass is 389 g/mol. The van der Waals surface area contributed by atoms with Gasteiger partial charge in [0.15, 0.2) is 0 Å². The van der Waals surface area contributed by atoms with Gasteiger partial charge in [-0.2, -0.15) is 4.72 Å². The van der Waals surface area contributed by atoms with Gasteiger partial charge in [-0.25, -0.2) is 8.42 Å². The molecule has 8 heteroatoms. The number of hydrogen-bond acceptors (Lipinski definition) is 4. The number of aryl methyl sites for hydroxylation is 1. The largest absolute Gasteiger partial charge is 0.370 e. The third-order valence-electron chi connectivity index (χ3n) is 3.90. The van der Waals surface area contributed by atoms with Crippen LogP contribution in [0.3, 0.4) is 0 Å². The van der Waals surface area contributed by atoms with Crippen molar-refractivity contribution in [3.05, 3.63) is 65.7 Å². The molecule has 0 bridgehead atoms. The average Bonchev–Trinajstić information content (AvgIpc) is 2.62. The molecule has 0 saturated heterocycles. The van der Waals surface area contributed by atoms with Gasteiger partial charge in [-0.15, -0.1) is 0 Å². The van der Waals surface area contributed by atoms with Crippen LogP contribution >= 0.6 is 0 Å². The van der Waals surface area contributed by atoms with Crippen molar-refractivity contribution < 1.29 is 18.0 Å². The summed E-state index contributed by atoms with van der Waals surface area (Å²) in [6.45, 7) is 1.90. The van der Waals surface area contributed by atoms with Crippen LogP contribution < -0.4 is 15.8 Å². The Hall–Kier alpha value is -2.71. The predicted molar refractivity (Wildman–Crippen MR) is 102 cm³/mol. The van der Waals surface area contributed by atoms with Crippen LogP contribution in [0.2, 0.25) is 0 Å². The minimum Gasteiger partial charge on any atom is -0.370 e. The molecule has 1 atom stereocenters. The van der Waals surface area contributed by atoms with Gasteiger partial charge in [0.25, 0.3) is 0 Å². The Kier molecular flexibility index (Phi) is 7.09. The number of amides is 2. The molecule has 0 aliphatic heterocycles. The molecule has 2 amide bonds. The van der Waals surface area contributed by atoms with E-state index >= 15 is 0 Å². The van der Waals surface area contributed by atoms with Gasteiger partial charge in [-0.1, -0.05) is 48.0 Å². The van der Waals surface area contributed by atoms with E-state index in [0.717, 1.165) is 11.1 Å². The number of carbonyl (C=O) groups is 2. The highest BCUT2D eigenvalue weighted by Crippen LogP contribution is 2.12. The third-order valence-corrected chi connectivity index (χ3v) is 5.39. The van der Waals surface area contributed by atoms with Crippen molar-refractivity contribution >= 4 is 21.8 Å².